The molecule has 0 aliphatic carbocycles. The number of amides is 1. The number of hydrazone groups is 1. The topological polar surface area (TPSA) is 87.5 Å². The summed E-state index contributed by atoms with van der Waals surface area (Å²) in [4.78, 5) is 12.1. The summed E-state index contributed by atoms with van der Waals surface area (Å²) in [6.45, 7) is 1.69. The van der Waals surface area contributed by atoms with Crippen LogP contribution in [0.5, 0.6) is 5.75 Å². The molecule has 0 saturated carbocycles. The number of hydrogen-bond acceptors (Lipinski definition) is 6. The zero-order chi connectivity index (χ0) is 13.8. The van der Waals surface area contributed by atoms with E-state index in [1.54, 1.807) is 13.0 Å². The van der Waals surface area contributed by atoms with E-state index in [0.717, 1.165) is 11.5 Å². The summed E-state index contributed by atoms with van der Waals surface area (Å²) >= 11 is 6.78. The number of phenolic OH excluding ortho intramolecular Hbond substituents is 1. The summed E-state index contributed by atoms with van der Waals surface area (Å²) in [5, 5.41) is 17.5. The highest BCUT2D eigenvalue weighted by Crippen LogP contribution is 2.19. The molecule has 1 aromatic carbocycles. The molecule has 98 valence electrons. The van der Waals surface area contributed by atoms with Gasteiger partial charge in [0.25, 0.3) is 5.91 Å². The van der Waals surface area contributed by atoms with Gasteiger partial charge >= 0.3 is 0 Å². The molecule has 0 spiro atoms. The Morgan fingerprint density at radius 1 is 1.58 bits per heavy atom. The number of carbonyl (C=O) groups is 1. The predicted octanol–water partition coefficient (Wildman–Crippen LogP) is 1.97. The Morgan fingerprint density at radius 2 is 2.37 bits per heavy atom. The van der Waals surface area contributed by atoms with Gasteiger partial charge in [-0.15, -0.1) is 5.10 Å². The first kappa shape index (κ1) is 13.4. The number of phenols is 1. The second kappa shape index (κ2) is 5.77. The van der Waals surface area contributed by atoms with Crippen LogP contribution in [-0.4, -0.2) is 26.8 Å². The highest BCUT2D eigenvalue weighted by atomic mass is 35.5. The largest absolute Gasteiger partial charge is 0.507 e. The molecule has 1 amide bonds. The van der Waals surface area contributed by atoms with Gasteiger partial charge in [0.15, 0.2) is 0 Å². The fraction of sp³-hybridized carbons (Fsp3) is 0.0909. The number of aromatic nitrogens is 2. The second-order valence-corrected chi connectivity index (χ2v) is 4.78. The van der Waals surface area contributed by atoms with Gasteiger partial charge < -0.3 is 5.11 Å². The molecule has 2 aromatic rings. The maximum absolute atomic E-state index is 11.7. The van der Waals surface area contributed by atoms with Crippen LogP contribution in [0.15, 0.2) is 23.3 Å². The summed E-state index contributed by atoms with van der Waals surface area (Å²) in [5.74, 6) is -0.372. The SMILES string of the molecule is Cc1nnsc1C(=O)NN=Cc1cc(Cl)ccc1O. The van der Waals surface area contributed by atoms with E-state index in [1.807, 2.05) is 0 Å². The van der Waals surface area contributed by atoms with Crippen LogP contribution >= 0.6 is 23.1 Å². The molecule has 1 heterocycles. The first-order valence-corrected chi connectivity index (χ1v) is 6.34. The minimum atomic E-state index is -0.398. The van der Waals surface area contributed by atoms with E-state index < -0.39 is 5.91 Å². The van der Waals surface area contributed by atoms with Crippen LogP contribution in [0.2, 0.25) is 5.02 Å². The molecule has 2 N–H and O–H groups in total. The van der Waals surface area contributed by atoms with Crippen molar-refractivity contribution in [2.24, 2.45) is 5.10 Å². The van der Waals surface area contributed by atoms with Crippen molar-refractivity contribution in [2.45, 2.75) is 6.92 Å². The smallest absolute Gasteiger partial charge is 0.285 e. The van der Waals surface area contributed by atoms with Gasteiger partial charge in [0.2, 0.25) is 0 Å². The summed E-state index contributed by atoms with van der Waals surface area (Å²) < 4.78 is 3.66. The molecular formula is C11H9ClN4O2S. The summed E-state index contributed by atoms with van der Waals surface area (Å²) in [6, 6.07) is 4.54. The maximum Gasteiger partial charge on any atom is 0.285 e. The highest BCUT2D eigenvalue weighted by molar-refractivity contribution is 7.07. The molecule has 0 fully saturated rings. The average Bonchev–Trinajstić information content (AvgIpc) is 2.80. The van der Waals surface area contributed by atoms with Gasteiger partial charge in [0, 0.05) is 10.6 Å². The molecular weight excluding hydrogens is 288 g/mol. The van der Waals surface area contributed by atoms with Crippen LogP contribution in [0, 0.1) is 6.92 Å². The van der Waals surface area contributed by atoms with Gasteiger partial charge in [-0.25, -0.2) is 5.43 Å². The number of carbonyl (C=O) groups excluding carboxylic acids is 1. The lowest BCUT2D eigenvalue weighted by atomic mass is 10.2. The molecule has 0 bridgehead atoms. The quantitative estimate of drug-likeness (QED) is 0.669. The van der Waals surface area contributed by atoms with E-state index in [4.69, 9.17) is 11.6 Å². The van der Waals surface area contributed by atoms with E-state index in [2.05, 4.69) is 20.1 Å². The molecule has 0 aliphatic rings. The Morgan fingerprint density at radius 3 is 3.05 bits per heavy atom. The Balaban J connectivity index is 2.06. The third-order valence-corrected chi connectivity index (χ3v) is 3.28. The maximum atomic E-state index is 11.7. The standard InChI is InChI=1S/C11H9ClN4O2S/c1-6-10(19-16-14-6)11(18)15-13-5-7-4-8(12)2-3-9(7)17/h2-5,17H,1H3,(H,15,18). The number of benzene rings is 1. The number of nitrogens with zero attached hydrogens (tertiary/aromatic N) is 3. The molecule has 8 heteroatoms. The second-order valence-electron chi connectivity index (χ2n) is 3.59. The van der Waals surface area contributed by atoms with Crippen molar-refractivity contribution in [1.82, 2.24) is 15.0 Å². The van der Waals surface area contributed by atoms with E-state index in [1.165, 1.54) is 18.3 Å². The summed E-state index contributed by atoms with van der Waals surface area (Å²) in [6.07, 6.45) is 1.31. The first-order chi connectivity index (χ1) is 9.08. The molecule has 0 atom stereocenters. The van der Waals surface area contributed by atoms with Crippen molar-refractivity contribution in [1.29, 1.82) is 0 Å². The van der Waals surface area contributed by atoms with Crippen molar-refractivity contribution in [3.8, 4) is 5.75 Å². The number of hydrogen-bond donors (Lipinski definition) is 2. The molecule has 0 unspecified atom stereocenters. The molecule has 2 rings (SSSR count). The zero-order valence-corrected chi connectivity index (χ0v) is 11.4. The molecule has 19 heavy (non-hydrogen) atoms. The van der Waals surface area contributed by atoms with Gasteiger partial charge in [-0.1, -0.05) is 16.1 Å². The zero-order valence-electron chi connectivity index (χ0n) is 9.79. The van der Waals surface area contributed by atoms with Crippen LogP contribution in [-0.2, 0) is 0 Å². The van der Waals surface area contributed by atoms with E-state index >= 15 is 0 Å². The van der Waals surface area contributed by atoms with Crippen LogP contribution in [0.25, 0.3) is 0 Å². The third-order valence-electron chi connectivity index (χ3n) is 2.22. The Bertz CT molecular complexity index is 641. The van der Waals surface area contributed by atoms with Crippen LogP contribution < -0.4 is 5.43 Å². The van der Waals surface area contributed by atoms with Gasteiger partial charge in [0.1, 0.15) is 10.6 Å². The predicted molar refractivity (Wildman–Crippen MR) is 72.8 cm³/mol. The molecule has 1 aromatic heterocycles. The van der Waals surface area contributed by atoms with Gasteiger partial charge in [-0.2, -0.15) is 5.10 Å². The average molecular weight is 297 g/mol. The fourth-order valence-corrected chi connectivity index (χ4v) is 2.01. The third kappa shape index (κ3) is 3.27. The van der Waals surface area contributed by atoms with Crippen LogP contribution in [0.3, 0.4) is 0 Å². The number of nitrogens with one attached hydrogen (secondary N) is 1. The molecule has 0 radical (unpaired) electrons. The van der Waals surface area contributed by atoms with Gasteiger partial charge in [0.05, 0.1) is 11.9 Å². The molecule has 0 saturated heterocycles. The minimum absolute atomic E-state index is 0.0260. The number of rotatable bonds is 3. The monoisotopic (exact) mass is 296 g/mol. The normalized spacial score (nSPS) is 10.8. The minimum Gasteiger partial charge on any atom is -0.507 e. The Hall–Kier alpha value is -1.99. The van der Waals surface area contributed by atoms with Crippen molar-refractivity contribution in [3.05, 3.63) is 39.4 Å². The lowest BCUT2D eigenvalue weighted by Gasteiger charge is -1.99. The number of aryl methyl sites for hydroxylation is 1. The van der Waals surface area contributed by atoms with E-state index in [0.29, 0.717) is 21.2 Å². The highest BCUT2D eigenvalue weighted by Gasteiger charge is 2.11. The van der Waals surface area contributed by atoms with Crippen molar-refractivity contribution in [3.63, 3.8) is 0 Å². The van der Waals surface area contributed by atoms with Crippen LogP contribution in [0.1, 0.15) is 20.9 Å². The van der Waals surface area contributed by atoms with Gasteiger partial charge in [-0.3, -0.25) is 4.79 Å². The lowest BCUT2D eigenvalue weighted by molar-refractivity contribution is 0.0958. The van der Waals surface area contributed by atoms with Crippen LogP contribution in [0.4, 0.5) is 0 Å². The number of halogens is 1. The van der Waals surface area contributed by atoms with Crippen molar-refractivity contribution >= 4 is 35.3 Å². The summed E-state index contributed by atoms with van der Waals surface area (Å²) in [7, 11) is 0. The Labute approximate surface area is 117 Å². The fourth-order valence-electron chi connectivity index (χ4n) is 1.28. The van der Waals surface area contributed by atoms with Gasteiger partial charge in [-0.05, 0) is 36.7 Å². The van der Waals surface area contributed by atoms with Crippen molar-refractivity contribution in [2.75, 3.05) is 0 Å². The van der Waals surface area contributed by atoms with E-state index in [-0.39, 0.29) is 5.75 Å². The van der Waals surface area contributed by atoms with E-state index in [9.17, 15) is 9.90 Å². The first-order valence-electron chi connectivity index (χ1n) is 5.19. The molecule has 6 nitrogen and oxygen atoms in total. The molecule has 0 aliphatic heterocycles. The summed E-state index contributed by atoms with van der Waals surface area (Å²) in [5.41, 5.74) is 3.28. The Kier molecular flexibility index (Phi) is 4.08. The number of aromatic hydroxyl groups is 1. The van der Waals surface area contributed by atoms with Crippen molar-refractivity contribution < 1.29 is 9.90 Å². The lowest BCUT2D eigenvalue weighted by Crippen LogP contribution is -2.17.